The highest BCUT2D eigenvalue weighted by Crippen LogP contribution is 2.27. The van der Waals surface area contributed by atoms with Gasteiger partial charge in [-0.2, -0.15) is 0 Å². The first-order valence-electron chi connectivity index (χ1n) is 10.0. The van der Waals surface area contributed by atoms with Crippen molar-refractivity contribution in [1.29, 1.82) is 0 Å². The van der Waals surface area contributed by atoms with Gasteiger partial charge in [-0.1, -0.05) is 44.2 Å². The number of carbonyl (C=O) groups is 2. The lowest BCUT2D eigenvalue weighted by Gasteiger charge is -2.18. The number of carbonyl (C=O) groups excluding carboxylic acids is 2. The number of nitrogens with zero attached hydrogens (tertiary/aromatic N) is 1. The topological polar surface area (TPSA) is 61.4 Å². The zero-order valence-corrected chi connectivity index (χ0v) is 16.5. The lowest BCUT2D eigenvalue weighted by Crippen LogP contribution is -2.36. The predicted molar refractivity (Wildman–Crippen MR) is 110 cm³/mol. The zero-order valence-electron chi connectivity index (χ0n) is 16.5. The van der Waals surface area contributed by atoms with E-state index >= 15 is 0 Å². The van der Waals surface area contributed by atoms with Gasteiger partial charge in [-0.15, -0.1) is 0 Å². The number of anilines is 1. The Morgan fingerprint density at radius 2 is 1.89 bits per heavy atom. The van der Waals surface area contributed by atoms with Crippen molar-refractivity contribution in [2.24, 2.45) is 5.92 Å². The molecule has 2 aliphatic rings. The first-order chi connectivity index (χ1) is 13.5. The van der Waals surface area contributed by atoms with Crippen molar-refractivity contribution in [1.82, 2.24) is 10.6 Å². The van der Waals surface area contributed by atoms with E-state index in [1.165, 1.54) is 16.7 Å². The van der Waals surface area contributed by atoms with Gasteiger partial charge in [0.2, 0.25) is 11.8 Å². The van der Waals surface area contributed by atoms with Gasteiger partial charge < -0.3 is 15.5 Å². The second-order valence-electron chi connectivity index (χ2n) is 8.00. The minimum Gasteiger partial charge on any atom is -0.351 e. The van der Waals surface area contributed by atoms with E-state index in [1.54, 1.807) is 4.90 Å². The molecule has 2 amide bonds. The molecule has 0 aromatic heterocycles. The minimum absolute atomic E-state index is 0.104. The fourth-order valence-electron chi connectivity index (χ4n) is 3.99. The fraction of sp³-hybridized carbons (Fsp3) is 0.391. The first kappa shape index (κ1) is 18.7. The maximum absolute atomic E-state index is 12.8. The summed E-state index contributed by atoms with van der Waals surface area (Å²) in [5, 5.41) is 6.27. The molecule has 2 aromatic rings. The molecule has 0 spiro atoms. The fourth-order valence-corrected chi connectivity index (χ4v) is 3.99. The second-order valence-corrected chi connectivity index (χ2v) is 8.00. The number of amides is 2. The van der Waals surface area contributed by atoms with Crippen LogP contribution in [0, 0.1) is 5.92 Å². The van der Waals surface area contributed by atoms with Crippen molar-refractivity contribution in [3.8, 4) is 0 Å². The van der Waals surface area contributed by atoms with Crippen molar-refractivity contribution in [2.75, 3.05) is 11.4 Å². The van der Waals surface area contributed by atoms with Gasteiger partial charge in [-0.05, 0) is 46.7 Å². The molecule has 28 heavy (non-hydrogen) atoms. The lowest BCUT2D eigenvalue weighted by atomic mass is 10.0. The van der Waals surface area contributed by atoms with Crippen LogP contribution in [0.15, 0.2) is 42.5 Å². The number of hydrogen-bond acceptors (Lipinski definition) is 3. The standard InChI is InChI=1S/C23H27N3O2/c1-15(2)17-5-7-20(8-6-17)26-10-9-21(23(26)28)22(27)25-12-16-3-4-18-13-24-14-19(18)11-16/h3-8,11,15,21,24H,9-10,12-14H2,1-2H3,(H,25,27). The molecule has 5 heteroatoms. The summed E-state index contributed by atoms with van der Waals surface area (Å²) in [5.41, 5.74) is 5.80. The summed E-state index contributed by atoms with van der Waals surface area (Å²) < 4.78 is 0. The third-order valence-electron chi connectivity index (χ3n) is 5.76. The Morgan fingerprint density at radius 1 is 1.14 bits per heavy atom. The molecule has 0 radical (unpaired) electrons. The van der Waals surface area contributed by atoms with Crippen LogP contribution in [-0.2, 0) is 29.2 Å². The molecule has 1 saturated heterocycles. The molecule has 2 heterocycles. The number of rotatable bonds is 5. The van der Waals surface area contributed by atoms with Gasteiger partial charge in [-0.3, -0.25) is 9.59 Å². The molecule has 1 fully saturated rings. The summed E-state index contributed by atoms with van der Waals surface area (Å²) in [6.07, 6.45) is 0.560. The normalized spacial score (nSPS) is 18.6. The summed E-state index contributed by atoms with van der Waals surface area (Å²) in [6.45, 7) is 7.12. The van der Waals surface area contributed by atoms with Gasteiger partial charge in [0.05, 0.1) is 0 Å². The first-order valence-corrected chi connectivity index (χ1v) is 10.0. The van der Waals surface area contributed by atoms with Crippen LogP contribution in [-0.4, -0.2) is 18.4 Å². The van der Waals surface area contributed by atoms with E-state index in [4.69, 9.17) is 0 Å². The lowest BCUT2D eigenvalue weighted by molar-refractivity contribution is -0.132. The number of fused-ring (bicyclic) bond motifs is 1. The summed E-state index contributed by atoms with van der Waals surface area (Å²) in [7, 11) is 0. The van der Waals surface area contributed by atoms with Crippen LogP contribution in [0.2, 0.25) is 0 Å². The monoisotopic (exact) mass is 377 g/mol. The molecule has 0 bridgehead atoms. The van der Waals surface area contributed by atoms with Crippen LogP contribution in [0.1, 0.15) is 48.4 Å². The average molecular weight is 377 g/mol. The smallest absolute Gasteiger partial charge is 0.239 e. The third-order valence-corrected chi connectivity index (χ3v) is 5.76. The van der Waals surface area contributed by atoms with Crippen LogP contribution in [0.25, 0.3) is 0 Å². The van der Waals surface area contributed by atoms with Crippen molar-refractivity contribution in [3.05, 3.63) is 64.7 Å². The Morgan fingerprint density at radius 3 is 2.64 bits per heavy atom. The molecule has 2 aliphatic heterocycles. The molecule has 1 unspecified atom stereocenters. The molecule has 5 nitrogen and oxygen atoms in total. The van der Waals surface area contributed by atoms with Crippen LogP contribution in [0.4, 0.5) is 5.69 Å². The maximum atomic E-state index is 12.8. The number of benzene rings is 2. The molecule has 0 saturated carbocycles. The van der Waals surface area contributed by atoms with E-state index in [-0.39, 0.29) is 11.8 Å². The van der Waals surface area contributed by atoms with Gasteiger partial charge in [-0.25, -0.2) is 0 Å². The van der Waals surface area contributed by atoms with Gasteiger partial charge in [0.15, 0.2) is 0 Å². The van der Waals surface area contributed by atoms with E-state index in [1.807, 2.05) is 18.2 Å². The highest BCUT2D eigenvalue weighted by atomic mass is 16.2. The highest BCUT2D eigenvalue weighted by molar-refractivity contribution is 6.09. The Kier molecular flexibility index (Phi) is 5.18. The Labute approximate surface area is 166 Å². The molecular formula is C23H27N3O2. The number of nitrogens with one attached hydrogen (secondary N) is 2. The summed E-state index contributed by atoms with van der Waals surface area (Å²) >= 11 is 0. The summed E-state index contributed by atoms with van der Waals surface area (Å²) in [6, 6.07) is 14.4. The highest BCUT2D eigenvalue weighted by Gasteiger charge is 2.37. The minimum atomic E-state index is -0.596. The van der Waals surface area contributed by atoms with Gasteiger partial charge in [0.25, 0.3) is 0 Å². The average Bonchev–Trinajstić information content (AvgIpc) is 3.32. The van der Waals surface area contributed by atoms with Crippen molar-refractivity contribution < 1.29 is 9.59 Å². The predicted octanol–water partition coefficient (Wildman–Crippen LogP) is 3.08. The molecule has 146 valence electrons. The van der Waals surface area contributed by atoms with E-state index in [9.17, 15) is 9.59 Å². The van der Waals surface area contributed by atoms with E-state index < -0.39 is 5.92 Å². The van der Waals surface area contributed by atoms with Crippen LogP contribution >= 0.6 is 0 Å². The quantitative estimate of drug-likeness (QED) is 0.787. The van der Waals surface area contributed by atoms with Crippen molar-refractivity contribution in [2.45, 2.75) is 45.8 Å². The van der Waals surface area contributed by atoms with Crippen LogP contribution in [0.3, 0.4) is 0 Å². The van der Waals surface area contributed by atoms with Crippen molar-refractivity contribution in [3.63, 3.8) is 0 Å². The zero-order chi connectivity index (χ0) is 19.7. The second kappa shape index (κ2) is 7.76. The van der Waals surface area contributed by atoms with Crippen LogP contribution in [0.5, 0.6) is 0 Å². The van der Waals surface area contributed by atoms with Gasteiger partial charge >= 0.3 is 0 Å². The van der Waals surface area contributed by atoms with Gasteiger partial charge in [0, 0.05) is 31.9 Å². The summed E-state index contributed by atoms with van der Waals surface area (Å²) in [4.78, 5) is 27.1. The molecule has 0 aliphatic carbocycles. The SMILES string of the molecule is CC(C)c1ccc(N2CCC(C(=O)NCc3ccc4c(c3)CNC4)C2=O)cc1. The van der Waals surface area contributed by atoms with Gasteiger partial charge in [0.1, 0.15) is 5.92 Å². The van der Waals surface area contributed by atoms with E-state index in [2.05, 4.69) is 48.7 Å². The van der Waals surface area contributed by atoms with Crippen molar-refractivity contribution >= 4 is 17.5 Å². The Hall–Kier alpha value is -2.66. The molecule has 2 N–H and O–H groups in total. The largest absolute Gasteiger partial charge is 0.351 e. The number of hydrogen-bond donors (Lipinski definition) is 2. The third kappa shape index (κ3) is 3.67. The maximum Gasteiger partial charge on any atom is 0.239 e. The molecule has 1 atom stereocenters. The van der Waals surface area contributed by atoms with Crippen LogP contribution < -0.4 is 15.5 Å². The summed E-state index contributed by atoms with van der Waals surface area (Å²) in [5.74, 6) is -0.421. The molecule has 2 aromatic carbocycles. The Balaban J connectivity index is 1.37. The molecule has 4 rings (SSSR count). The van der Waals surface area contributed by atoms with E-state index in [0.717, 1.165) is 24.3 Å². The van der Waals surface area contributed by atoms with E-state index in [0.29, 0.717) is 25.4 Å². The Bertz CT molecular complexity index is 889. The molecular weight excluding hydrogens is 350 g/mol.